The van der Waals surface area contributed by atoms with Crippen LogP contribution in [0.3, 0.4) is 0 Å². The highest BCUT2D eigenvalue weighted by Crippen LogP contribution is 2.09. The molecule has 2 N–H and O–H groups in total. The summed E-state index contributed by atoms with van der Waals surface area (Å²) < 4.78 is 10.1. The number of amides is 3. The molecule has 1 aliphatic rings. The van der Waals surface area contributed by atoms with Crippen molar-refractivity contribution < 1.29 is 33.8 Å². The van der Waals surface area contributed by atoms with E-state index in [9.17, 15) is 19.2 Å². The molecule has 0 radical (unpaired) electrons. The number of carbonyl (C=O) groups is 4. The molecule has 1 heterocycles. The molecule has 3 amide bonds. The van der Waals surface area contributed by atoms with Crippen LogP contribution < -0.4 is 5.32 Å². The Morgan fingerprint density at radius 2 is 1.91 bits per heavy atom. The normalized spacial score (nSPS) is 16.7. The van der Waals surface area contributed by atoms with Gasteiger partial charge in [0.2, 0.25) is 5.91 Å². The second-order valence-corrected chi connectivity index (χ2v) is 4.42. The molecule has 0 spiro atoms. The summed E-state index contributed by atoms with van der Waals surface area (Å²) >= 11 is 0. The fourth-order valence-electron chi connectivity index (χ4n) is 1.78. The lowest BCUT2D eigenvalue weighted by atomic mass is 10.2. The van der Waals surface area contributed by atoms with Crippen LogP contribution >= 0.6 is 0 Å². The van der Waals surface area contributed by atoms with Crippen LogP contribution in [0.4, 0.5) is 0 Å². The molecule has 0 aliphatic carbocycles. The van der Waals surface area contributed by atoms with Gasteiger partial charge in [-0.15, -0.1) is 0 Å². The summed E-state index contributed by atoms with van der Waals surface area (Å²) in [4.78, 5) is 46.3. The summed E-state index contributed by atoms with van der Waals surface area (Å²) in [6, 6.07) is -1.02. The van der Waals surface area contributed by atoms with E-state index in [0.29, 0.717) is 0 Å². The highest BCUT2D eigenvalue weighted by atomic mass is 16.5. The van der Waals surface area contributed by atoms with Gasteiger partial charge < -0.3 is 19.9 Å². The van der Waals surface area contributed by atoms with E-state index in [1.165, 1.54) is 6.92 Å². The molecule has 22 heavy (non-hydrogen) atoms. The van der Waals surface area contributed by atoms with Crippen molar-refractivity contribution in [3.8, 4) is 0 Å². The van der Waals surface area contributed by atoms with Crippen LogP contribution in [0.15, 0.2) is 12.2 Å². The number of carboxylic acid groups (broad SMARTS) is 1. The first-order chi connectivity index (χ1) is 10.4. The predicted molar refractivity (Wildman–Crippen MR) is 72.5 cm³/mol. The Morgan fingerprint density at radius 3 is 2.41 bits per heavy atom. The Balaban J connectivity index is 2.56. The molecular formula is C13H18N2O7. The maximum atomic E-state index is 12.1. The summed E-state index contributed by atoms with van der Waals surface area (Å²) in [5.74, 6) is -2.89. The number of nitrogens with one attached hydrogen (secondary N) is 1. The van der Waals surface area contributed by atoms with Gasteiger partial charge in [0.1, 0.15) is 12.6 Å². The standard InChI is InChI=1S/C13H18N2O7/c1-3-22-9(6-21-7-12(18)19)14-13(20)8(2)15-10(16)4-5-11(15)17/h4-5,8-9H,3,6-7H2,1-2H3,(H,14,20)(H,18,19). The number of aliphatic carboxylic acids is 1. The molecule has 0 aromatic carbocycles. The van der Waals surface area contributed by atoms with Crippen molar-refractivity contribution in [1.82, 2.24) is 10.2 Å². The molecule has 2 unspecified atom stereocenters. The lowest BCUT2D eigenvalue weighted by molar-refractivity contribution is -0.149. The van der Waals surface area contributed by atoms with Crippen molar-refractivity contribution in [2.75, 3.05) is 19.8 Å². The van der Waals surface area contributed by atoms with Gasteiger partial charge in [0.05, 0.1) is 6.61 Å². The van der Waals surface area contributed by atoms with Gasteiger partial charge in [-0.1, -0.05) is 0 Å². The predicted octanol–water partition coefficient (Wildman–Crippen LogP) is -1.12. The van der Waals surface area contributed by atoms with Crippen molar-refractivity contribution in [2.24, 2.45) is 0 Å². The highest BCUT2D eigenvalue weighted by molar-refractivity contribution is 6.15. The molecule has 122 valence electrons. The Bertz CT molecular complexity index is 471. The Morgan fingerprint density at radius 1 is 1.32 bits per heavy atom. The molecule has 2 atom stereocenters. The monoisotopic (exact) mass is 314 g/mol. The fourth-order valence-corrected chi connectivity index (χ4v) is 1.78. The second-order valence-electron chi connectivity index (χ2n) is 4.42. The summed E-state index contributed by atoms with van der Waals surface area (Å²) in [7, 11) is 0. The van der Waals surface area contributed by atoms with Gasteiger partial charge in [-0.2, -0.15) is 0 Å². The number of hydrogen-bond acceptors (Lipinski definition) is 6. The lowest BCUT2D eigenvalue weighted by Gasteiger charge is -2.25. The smallest absolute Gasteiger partial charge is 0.329 e. The Labute approximate surface area is 126 Å². The van der Waals surface area contributed by atoms with Crippen molar-refractivity contribution in [3.05, 3.63) is 12.2 Å². The molecule has 0 saturated heterocycles. The van der Waals surface area contributed by atoms with Crippen molar-refractivity contribution in [1.29, 1.82) is 0 Å². The Kier molecular flexibility index (Phi) is 6.67. The molecular weight excluding hydrogens is 296 g/mol. The number of nitrogens with zero attached hydrogens (tertiary/aromatic N) is 1. The minimum absolute atomic E-state index is 0.168. The topological polar surface area (TPSA) is 122 Å². The van der Waals surface area contributed by atoms with Gasteiger partial charge in [-0.05, 0) is 13.8 Å². The van der Waals surface area contributed by atoms with Gasteiger partial charge in [-0.3, -0.25) is 19.3 Å². The van der Waals surface area contributed by atoms with Gasteiger partial charge in [-0.25, -0.2) is 4.79 Å². The van der Waals surface area contributed by atoms with E-state index in [-0.39, 0.29) is 13.2 Å². The van der Waals surface area contributed by atoms with Crippen LogP contribution in [-0.4, -0.2) is 65.8 Å². The molecule has 0 saturated carbocycles. The number of ether oxygens (including phenoxy) is 2. The van der Waals surface area contributed by atoms with Gasteiger partial charge in [0, 0.05) is 18.8 Å². The van der Waals surface area contributed by atoms with E-state index in [4.69, 9.17) is 14.6 Å². The summed E-state index contributed by atoms with van der Waals surface area (Å²) in [6.07, 6.45) is 1.30. The van der Waals surface area contributed by atoms with Gasteiger partial charge >= 0.3 is 5.97 Å². The minimum Gasteiger partial charge on any atom is -0.480 e. The molecule has 0 fully saturated rings. The van der Waals surface area contributed by atoms with Crippen LogP contribution in [-0.2, 0) is 28.7 Å². The van der Waals surface area contributed by atoms with E-state index in [1.54, 1.807) is 6.92 Å². The number of hydrogen-bond donors (Lipinski definition) is 2. The average Bonchev–Trinajstić information content (AvgIpc) is 2.77. The van der Waals surface area contributed by atoms with E-state index >= 15 is 0 Å². The first-order valence-electron chi connectivity index (χ1n) is 6.63. The average molecular weight is 314 g/mol. The zero-order valence-corrected chi connectivity index (χ0v) is 12.3. The molecule has 9 nitrogen and oxygen atoms in total. The third kappa shape index (κ3) is 4.93. The number of rotatable bonds is 9. The minimum atomic E-state index is -1.14. The number of carboxylic acids is 1. The maximum absolute atomic E-state index is 12.1. The summed E-state index contributed by atoms with van der Waals surface area (Å²) in [5.41, 5.74) is 0. The van der Waals surface area contributed by atoms with Crippen molar-refractivity contribution in [3.63, 3.8) is 0 Å². The second kappa shape index (κ2) is 8.25. The molecule has 0 bridgehead atoms. The van der Waals surface area contributed by atoms with Crippen molar-refractivity contribution in [2.45, 2.75) is 26.1 Å². The third-order valence-corrected chi connectivity index (χ3v) is 2.78. The zero-order chi connectivity index (χ0) is 16.7. The zero-order valence-electron chi connectivity index (χ0n) is 12.3. The molecule has 0 aromatic rings. The van der Waals surface area contributed by atoms with E-state index in [1.807, 2.05) is 0 Å². The Hall–Kier alpha value is -2.26. The van der Waals surface area contributed by atoms with Crippen LogP contribution in [0.5, 0.6) is 0 Å². The van der Waals surface area contributed by atoms with Gasteiger partial charge in [0.25, 0.3) is 11.8 Å². The quantitative estimate of drug-likeness (QED) is 0.408. The van der Waals surface area contributed by atoms with Crippen LogP contribution in [0.25, 0.3) is 0 Å². The summed E-state index contributed by atoms with van der Waals surface area (Å²) in [5, 5.41) is 10.9. The SMILES string of the molecule is CCOC(COCC(=O)O)NC(=O)C(C)N1C(=O)C=CC1=O. The number of carbonyl (C=O) groups excluding carboxylic acids is 3. The first kappa shape index (κ1) is 17.8. The lowest BCUT2D eigenvalue weighted by Crippen LogP contribution is -2.52. The van der Waals surface area contributed by atoms with Gasteiger partial charge in [0.15, 0.2) is 6.23 Å². The van der Waals surface area contributed by atoms with Crippen LogP contribution in [0.1, 0.15) is 13.8 Å². The largest absolute Gasteiger partial charge is 0.480 e. The summed E-state index contributed by atoms with van der Waals surface area (Å²) in [6.45, 7) is 2.66. The van der Waals surface area contributed by atoms with Crippen LogP contribution in [0, 0.1) is 0 Å². The molecule has 1 aliphatic heterocycles. The third-order valence-electron chi connectivity index (χ3n) is 2.78. The van der Waals surface area contributed by atoms with Crippen LogP contribution in [0.2, 0.25) is 0 Å². The maximum Gasteiger partial charge on any atom is 0.329 e. The van der Waals surface area contributed by atoms with E-state index < -0.39 is 42.6 Å². The molecule has 0 aromatic heterocycles. The van der Waals surface area contributed by atoms with Crippen molar-refractivity contribution >= 4 is 23.7 Å². The first-order valence-corrected chi connectivity index (χ1v) is 6.63. The number of imide groups is 1. The van der Waals surface area contributed by atoms with E-state index in [2.05, 4.69) is 5.32 Å². The van der Waals surface area contributed by atoms with E-state index in [0.717, 1.165) is 17.1 Å². The highest BCUT2D eigenvalue weighted by Gasteiger charge is 2.33. The fraction of sp³-hybridized carbons (Fsp3) is 0.538. The molecule has 1 rings (SSSR count). The molecule has 9 heteroatoms.